The predicted octanol–water partition coefficient (Wildman–Crippen LogP) is 3.83. The van der Waals surface area contributed by atoms with Crippen molar-refractivity contribution in [1.29, 1.82) is 0 Å². The second-order valence-corrected chi connectivity index (χ2v) is 5.31. The standard InChI is InChI=1S/C15H11BrN2O/c1-9-4-2-3-5-12(9)17-14-11-8-10(16)6-7-13(11)18-15(14)19/h2-8H,1H3,(H,17,18,19). The number of rotatable bonds is 1. The van der Waals surface area contributed by atoms with Crippen LogP contribution in [0.15, 0.2) is 51.9 Å². The van der Waals surface area contributed by atoms with Gasteiger partial charge >= 0.3 is 0 Å². The number of nitrogens with one attached hydrogen (secondary N) is 1. The molecule has 94 valence electrons. The van der Waals surface area contributed by atoms with Crippen LogP contribution in [0.3, 0.4) is 0 Å². The van der Waals surface area contributed by atoms with Gasteiger partial charge < -0.3 is 5.32 Å². The number of benzene rings is 2. The van der Waals surface area contributed by atoms with E-state index in [1.165, 1.54) is 0 Å². The minimum Gasteiger partial charge on any atom is -0.320 e. The zero-order valence-corrected chi connectivity index (χ0v) is 11.9. The van der Waals surface area contributed by atoms with E-state index < -0.39 is 0 Å². The number of halogens is 1. The number of aliphatic imine (C=N–C) groups is 1. The molecule has 0 spiro atoms. The Morgan fingerprint density at radius 2 is 1.95 bits per heavy atom. The summed E-state index contributed by atoms with van der Waals surface area (Å²) in [5.74, 6) is -0.156. The van der Waals surface area contributed by atoms with Crippen LogP contribution < -0.4 is 5.32 Å². The van der Waals surface area contributed by atoms with E-state index in [2.05, 4.69) is 26.2 Å². The number of aryl methyl sites for hydroxylation is 1. The van der Waals surface area contributed by atoms with Crippen molar-refractivity contribution in [3.63, 3.8) is 0 Å². The van der Waals surface area contributed by atoms with Crippen LogP contribution >= 0.6 is 15.9 Å². The molecule has 1 N–H and O–H groups in total. The lowest BCUT2D eigenvalue weighted by atomic mass is 10.1. The average Bonchev–Trinajstić information content (AvgIpc) is 2.69. The first kappa shape index (κ1) is 12.1. The summed E-state index contributed by atoms with van der Waals surface area (Å²) in [5, 5.41) is 2.82. The summed E-state index contributed by atoms with van der Waals surface area (Å²) in [7, 11) is 0. The Labute approximate surface area is 119 Å². The molecule has 0 saturated heterocycles. The van der Waals surface area contributed by atoms with Crippen LogP contribution in [0, 0.1) is 6.92 Å². The molecule has 1 aliphatic rings. The Balaban J connectivity index is 2.14. The zero-order chi connectivity index (χ0) is 13.4. The van der Waals surface area contributed by atoms with Gasteiger partial charge in [-0.25, -0.2) is 4.99 Å². The van der Waals surface area contributed by atoms with Crippen LogP contribution in [0.1, 0.15) is 11.1 Å². The monoisotopic (exact) mass is 314 g/mol. The predicted molar refractivity (Wildman–Crippen MR) is 80.1 cm³/mol. The van der Waals surface area contributed by atoms with Crippen molar-refractivity contribution in [1.82, 2.24) is 0 Å². The summed E-state index contributed by atoms with van der Waals surface area (Å²) in [6, 6.07) is 13.4. The highest BCUT2D eigenvalue weighted by molar-refractivity contribution is 9.10. The lowest BCUT2D eigenvalue weighted by Gasteiger charge is -2.01. The van der Waals surface area contributed by atoms with Crippen LogP contribution in [0.5, 0.6) is 0 Å². The molecule has 3 nitrogen and oxygen atoms in total. The normalized spacial score (nSPS) is 15.5. The number of amides is 1. The molecule has 4 heteroatoms. The third kappa shape index (κ3) is 2.19. The Morgan fingerprint density at radius 1 is 1.16 bits per heavy atom. The largest absolute Gasteiger partial charge is 0.320 e. The van der Waals surface area contributed by atoms with Crippen LogP contribution in [0.25, 0.3) is 0 Å². The molecule has 19 heavy (non-hydrogen) atoms. The van der Waals surface area contributed by atoms with E-state index in [4.69, 9.17) is 0 Å². The first-order valence-corrected chi connectivity index (χ1v) is 6.70. The van der Waals surface area contributed by atoms with E-state index in [0.717, 1.165) is 27.0 Å². The lowest BCUT2D eigenvalue weighted by molar-refractivity contribution is -0.110. The Morgan fingerprint density at radius 3 is 2.74 bits per heavy atom. The van der Waals surface area contributed by atoms with E-state index in [-0.39, 0.29) is 5.91 Å². The maximum atomic E-state index is 12.0. The molecule has 0 saturated carbocycles. The number of anilines is 1. The van der Waals surface area contributed by atoms with Crippen molar-refractivity contribution in [2.24, 2.45) is 4.99 Å². The summed E-state index contributed by atoms with van der Waals surface area (Å²) in [6.07, 6.45) is 0. The van der Waals surface area contributed by atoms with Gasteiger partial charge in [-0.3, -0.25) is 4.79 Å². The fourth-order valence-electron chi connectivity index (χ4n) is 2.05. The van der Waals surface area contributed by atoms with Gasteiger partial charge in [0.05, 0.1) is 11.4 Å². The van der Waals surface area contributed by atoms with Crippen molar-refractivity contribution >= 4 is 38.9 Å². The first-order chi connectivity index (χ1) is 9.15. The van der Waals surface area contributed by atoms with Gasteiger partial charge in [0.1, 0.15) is 5.71 Å². The van der Waals surface area contributed by atoms with Crippen molar-refractivity contribution in [2.45, 2.75) is 6.92 Å². The van der Waals surface area contributed by atoms with Gasteiger partial charge in [0.15, 0.2) is 0 Å². The lowest BCUT2D eigenvalue weighted by Crippen LogP contribution is -2.14. The SMILES string of the molecule is Cc1ccccc1N=C1C(=O)Nc2ccc(Br)cc21. The fraction of sp³-hybridized carbons (Fsp3) is 0.0667. The highest BCUT2D eigenvalue weighted by Crippen LogP contribution is 2.29. The number of carbonyl (C=O) groups excluding carboxylic acids is 1. The number of nitrogens with zero attached hydrogens (tertiary/aromatic N) is 1. The molecule has 2 aromatic carbocycles. The van der Waals surface area contributed by atoms with Crippen molar-refractivity contribution in [2.75, 3.05) is 5.32 Å². The molecule has 0 unspecified atom stereocenters. The highest BCUT2D eigenvalue weighted by Gasteiger charge is 2.26. The summed E-state index contributed by atoms with van der Waals surface area (Å²) < 4.78 is 0.931. The van der Waals surface area contributed by atoms with Gasteiger partial charge in [-0.15, -0.1) is 0 Å². The van der Waals surface area contributed by atoms with Crippen LogP contribution in [0.4, 0.5) is 11.4 Å². The molecule has 1 aliphatic heterocycles. The summed E-state index contributed by atoms with van der Waals surface area (Å²) in [4.78, 5) is 16.5. The first-order valence-electron chi connectivity index (χ1n) is 5.91. The number of fused-ring (bicyclic) bond motifs is 1. The third-order valence-corrected chi connectivity index (χ3v) is 3.54. The third-order valence-electron chi connectivity index (χ3n) is 3.05. The molecular formula is C15H11BrN2O. The fourth-order valence-corrected chi connectivity index (χ4v) is 2.41. The summed E-state index contributed by atoms with van der Waals surface area (Å²) in [6.45, 7) is 1.98. The van der Waals surface area contributed by atoms with E-state index in [0.29, 0.717) is 5.71 Å². The number of carbonyl (C=O) groups is 1. The summed E-state index contributed by atoms with van der Waals surface area (Å²) >= 11 is 3.42. The second-order valence-electron chi connectivity index (χ2n) is 4.39. The average molecular weight is 315 g/mol. The second kappa shape index (κ2) is 4.63. The topological polar surface area (TPSA) is 41.5 Å². The zero-order valence-electron chi connectivity index (χ0n) is 10.3. The molecule has 0 fully saturated rings. The van der Waals surface area contributed by atoms with E-state index in [1.54, 1.807) is 0 Å². The van der Waals surface area contributed by atoms with Crippen LogP contribution in [0.2, 0.25) is 0 Å². The maximum Gasteiger partial charge on any atom is 0.275 e. The number of hydrogen-bond donors (Lipinski definition) is 1. The highest BCUT2D eigenvalue weighted by atomic mass is 79.9. The maximum absolute atomic E-state index is 12.0. The summed E-state index contributed by atoms with van der Waals surface area (Å²) in [5.41, 5.74) is 3.97. The molecule has 3 rings (SSSR count). The van der Waals surface area contributed by atoms with Gasteiger partial charge in [-0.05, 0) is 36.8 Å². The van der Waals surface area contributed by atoms with Crippen molar-refractivity contribution in [3.8, 4) is 0 Å². The van der Waals surface area contributed by atoms with Gasteiger partial charge in [-0.2, -0.15) is 0 Å². The van der Waals surface area contributed by atoms with E-state index >= 15 is 0 Å². The van der Waals surface area contributed by atoms with Crippen molar-refractivity contribution in [3.05, 3.63) is 58.1 Å². The Bertz CT molecular complexity index is 707. The molecule has 1 amide bonds. The van der Waals surface area contributed by atoms with Crippen molar-refractivity contribution < 1.29 is 4.79 Å². The van der Waals surface area contributed by atoms with Gasteiger partial charge in [0.25, 0.3) is 5.91 Å². The van der Waals surface area contributed by atoms with Crippen LogP contribution in [-0.4, -0.2) is 11.6 Å². The van der Waals surface area contributed by atoms with E-state index in [9.17, 15) is 4.79 Å². The molecule has 0 bridgehead atoms. The molecule has 0 radical (unpaired) electrons. The van der Waals surface area contributed by atoms with Gasteiger partial charge in [0, 0.05) is 10.0 Å². The quantitative estimate of drug-likeness (QED) is 0.854. The molecular weight excluding hydrogens is 304 g/mol. The molecule has 0 atom stereocenters. The number of para-hydroxylation sites is 1. The van der Waals surface area contributed by atoms with Crippen LogP contribution in [-0.2, 0) is 4.79 Å². The smallest absolute Gasteiger partial charge is 0.275 e. The minimum absolute atomic E-state index is 0.156. The molecule has 2 aromatic rings. The molecule has 0 aromatic heterocycles. The minimum atomic E-state index is -0.156. The van der Waals surface area contributed by atoms with Gasteiger partial charge in [0.2, 0.25) is 0 Å². The number of hydrogen-bond acceptors (Lipinski definition) is 2. The van der Waals surface area contributed by atoms with Gasteiger partial charge in [-0.1, -0.05) is 34.1 Å². The Kier molecular flexibility index (Phi) is 2.95. The van der Waals surface area contributed by atoms with E-state index in [1.807, 2.05) is 49.4 Å². The molecule has 0 aliphatic carbocycles. The Hall–Kier alpha value is -1.94. The molecule has 1 heterocycles.